The van der Waals surface area contributed by atoms with E-state index in [4.69, 9.17) is 0 Å². The van der Waals surface area contributed by atoms with Gasteiger partial charge in [-0.2, -0.15) is 0 Å². The van der Waals surface area contributed by atoms with Crippen LogP contribution in [-0.2, 0) is 4.79 Å². The van der Waals surface area contributed by atoms with E-state index in [1.165, 1.54) is 6.07 Å². The van der Waals surface area contributed by atoms with Gasteiger partial charge in [-0.25, -0.2) is 4.39 Å². The molecule has 0 fully saturated rings. The fraction of sp³-hybridized carbons (Fsp3) is 0.250. The molecule has 0 unspecified atom stereocenters. The van der Waals surface area contributed by atoms with Crippen LogP contribution in [0.25, 0.3) is 6.08 Å². The van der Waals surface area contributed by atoms with Crippen molar-refractivity contribution in [3.63, 3.8) is 0 Å². The van der Waals surface area contributed by atoms with Crippen molar-refractivity contribution >= 4 is 12.4 Å². The van der Waals surface area contributed by atoms with E-state index in [1.54, 1.807) is 19.1 Å². The molecule has 0 amide bonds. The summed E-state index contributed by atoms with van der Waals surface area (Å²) in [6.45, 7) is 1.73. The lowest BCUT2D eigenvalue weighted by Crippen LogP contribution is -1.82. The van der Waals surface area contributed by atoms with Crippen LogP contribution in [0.2, 0.25) is 0 Å². The zero-order chi connectivity index (χ0) is 10.4. The second-order valence-corrected chi connectivity index (χ2v) is 3.16. The molecule has 0 saturated carbocycles. The number of aryl methyl sites for hydroxylation is 1. The first kappa shape index (κ1) is 10.6. The van der Waals surface area contributed by atoms with E-state index in [2.05, 4.69) is 0 Å². The SMILES string of the molecule is Cc1cc(/C=C/CCC=O)ccc1F. The Morgan fingerprint density at radius 2 is 2.14 bits per heavy atom. The highest BCUT2D eigenvalue weighted by Crippen LogP contribution is 2.10. The summed E-state index contributed by atoms with van der Waals surface area (Å²) in [4.78, 5) is 10.0. The molecule has 0 aliphatic heterocycles. The molecule has 0 N–H and O–H groups in total. The highest BCUT2D eigenvalue weighted by atomic mass is 19.1. The smallest absolute Gasteiger partial charge is 0.126 e. The van der Waals surface area contributed by atoms with Crippen molar-refractivity contribution in [3.8, 4) is 0 Å². The molecule has 0 bridgehead atoms. The monoisotopic (exact) mass is 192 g/mol. The molecule has 14 heavy (non-hydrogen) atoms. The van der Waals surface area contributed by atoms with Gasteiger partial charge >= 0.3 is 0 Å². The lowest BCUT2D eigenvalue weighted by molar-refractivity contribution is -0.107. The first-order valence-corrected chi connectivity index (χ1v) is 4.60. The van der Waals surface area contributed by atoms with E-state index >= 15 is 0 Å². The van der Waals surface area contributed by atoms with Crippen LogP contribution in [-0.4, -0.2) is 6.29 Å². The standard InChI is InChI=1S/C12H13FO/c1-10-9-11(6-7-12(10)13)5-3-2-4-8-14/h3,5-9H,2,4H2,1H3/b5-3+. The Hall–Kier alpha value is -1.44. The molecule has 2 heteroatoms. The van der Waals surface area contributed by atoms with Gasteiger partial charge in [0.25, 0.3) is 0 Å². The fourth-order valence-electron chi connectivity index (χ4n) is 1.16. The Morgan fingerprint density at radius 3 is 2.79 bits per heavy atom. The Balaban J connectivity index is 2.63. The quantitative estimate of drug-likeness (QED) is 0.529. The molecule has 1 rings (SSSR count). The lowest BCUT2D eigenvalue weighted by atomic mass is 10.1. The molecule has 0 aromatic heterocycles. The normalized spacial score (nSPS) is 10.7. The molecule has 0 aliphatic rings. The minimum absolute atomic E-state index is 0.185. The second-order valence-electron chi connectivity index (χ2n) is 3.16. The topological polar surface area (TPSA) is 17.1 Å². The van der Waals surface area contributed by atoms with Crippen LogP contribution in [0.1, 0.15) is 24.0 Å². The molecule has 0 saturated heterocycles. The first-order chi connectivity index (χ1) is 6.74. The molecule has 0 spiro atoms. The molecule has 1 aromatic rings. The summed E-state index contributed by atoms with van der Waals surface area (Å²) in [6, 6.07) is 4.96. The van der Waals surface area contributed by atoms with Crippen LogP contribution < -0.4 is 0 Å². The predicted molar refractivity (Wildman–Crippen MR) is 55.5 cm³/mol. The van der Waals surface area contributed by atoms with E-state index in [0.717, 1.165) is 18.3 Å². The van der Waals surface area contributed by atoms with E-state index < -0.39 is 0 Å². The van der Waals surface area contributed by atoms with Crippen molar-refractivity contribution in [2.45, 2.75) is 19.8 Å². The number of benzene rings is 1. The van der Waals surface area contributed by atoms with Gasteiger partial charge in [0.15, 0.2) is 0 Å². The van der Waals surface area contributed by atoms with Crippen molar-refractivity contribution < 1.29 is 9.18 Å². The van der Waals surface area contributed by atoms with Crippen molar-refractivity contribution in [2.75, 3.05) is 0 Å². The van der Waals surface area contributed by atoms with Crippen LogP contribution in [0.5, 0.6) is 0 Å². The molecule has 1 aromatic carbocycles. The largest absolute Gasteiger partial charge is 0.303 e. The van der Waals surface area contributed by atoms with Crippen molar-refractivity contribution in [2.24, 2.45) is 0 Å². The molecule has 0 radical (unpaired) electrons. The summed E-state index contributed by atoms with van der Waals surface area (Å²) in [5.41, 5.74) is 1.61. The maximum atomic E-state index is 12.9. The van der Waals surface area contributed by atoms with E-state index in [0.29, 0.717) is 12.0 Å². The van der Waals surface area contributed by atoms with Gasteiger partial charge in [0, 0.05) is 6.42 Å². The van der Waals surface area contributed by atoms with Gasteiger partial charge in [0.2, 0.25) is 0 Å². The number of carbonyl (C=O) groups is 1. The number of aldehydes is 1. The summed E-state index contributed by atoms with van der Waals surface area (Å²) in [7, 11) is 0. The van der Waals surface area contributed by atoms with Crippen LogP contribution >= 0.6 is 0 Å². The van der Waals surface area contributed by atoms with E-state index in [1.807, 2.05) is 12.2 Å². The number of unbranched alkanes of at least 4 members (excludes halogenated alkanes) is 1. The average molecular weight is 192 g/mol. The minimum Gasteiger partial charge on any atom is -0.303 e. The van der Waals surface area contributed by atoms with E-state index in [9.17, 15) is 9.18 Å². The molecule has 0 heterocycles. The van der Waals surface area contributed by atoms with Gasteiger partial charge in [-0.15, -0.1) is 0 Å². The zero-order valence-corrected chi connectivity index (χ0v) is 8.16. The number of carbonyl (C=O) groups excluding carboxylic acids is 1. The van der Waals surface area contributed by atoms with Crippen LogP contribution in [0.3, 0.4) is 0 Å². The van der Waals surface area contributed by atoms with Crippen LogP contribution in [0, 0.1) is 12.7 Å². The molecule has 0 aliphatic carbocycles. The summed E-state index contributed by atoms with van der Waals surface area (Å²) in [6.07, 6.45) is 5.98. The fourth-order valence-corrected chi connectivity index (χ4v) is 1.16. The predicted octanol–water partition coefficient (Wildman–Crippen LogP) is 3.13. The number of hydrogen-bond donors (Lipinski definition) is 0. The van der Waals surface area contributed by atoms with Gasteiger partial charge in [0.05, 0.1) is 0 Å². The van der Waals surface area contributed by atoms with Gasteiger partial charge < -0.3 is 4.79 Å². The second kappa shape index (κ2) is 5.32. The average Bonchev–Trinajstić information content (AvgIpc) is 2.18. The van der Waals surface area contributed by atoms with E-state index in [-0.39, 0.29) is 5.82 Å². The maximum absolute atomic E-state index is 12.9. The maximum Gasteiger partial charge on any atom is 0.126 e. The number of hydrogen-bond acceptors (Lipinski definition) is 1. The zero-order valence-electron chi connectivity index (χ0n) is 8.16. The summed E-state index contributed by atoms with van der Waals surface area (Å²) in [5.74, 6) is -0.185. The summed E-state index contributed by atoms with van der Waals surface area (Å²) in [5, 5.41) is 0. The van der Waals surface area contributed by atoms with Crippen molar-refractivity contribution in [3.05, 3.63) is 41.2 Å². The van der Waals surface area contributed by atoms with Crippen molar-refractivity contribution in [1.82, 2.24) is 0 Å². The van der Waals surface area contributed by atoms with Crippen LogP contribution in [0.15, 0.2) is 24.3 Å². The number of rotatable bonds is 4. The lowest BCUT2D eigenvalue weighted by Gasteiger charge is -1.97. The Labute approximate surface area is 83.3 Å². The van der Waals surface area contributed by atoms with Gasteiger partial charge in [-0.05, 0) is 36.6 Å². The summed E-state index contributed by atoms with van der Waals surface area (Å²) >= 11 is 0. The van der Waals surface area contributed by atoms with Crippen LogP contribution in [0.4, 0.5) is 4.39 Å². The molecule has 1 nitrogen and oxygen atoms in total. The third kappa shape index (κ3) is 3.13. The van der Waals surface area contributed by atoms with Gasteiger partial charge in [-0.3, -0.25) is 0 Å². The molecule has 0 atom stereocenters. The highest BCUT2D eigenvalue weighted by molar-refractivity contribution is 5.53. The van der Waals surface area contributed by atoms with Crippen molar-refractivity contribution in [1.29, 1.82) is 0 Å². The molecular formula is C12H13FO. The number of allylic oxidation sites excluding steroid dienone is 1. The third-order valence-electron chi connectivity index (χ3n) is 1.94. The Morgan fingerprint density at radius 1 is 1.36 bits per heavy atom. The number of halogens is 1. The minimum atomic E-state index is -0.185. The highest BCUT2D eigenvalue weighted by Gasteiger charge is 1.95. The van der Waals surface area contributed by atoms with Gasteiger partial charge in [0.1, 0.15) is 12.1 Å². The summed E-state index contributed by atoms with van der Waals surface area (Å²) < 4.78 is 12.9. The Kier molecular flexibility index (Phi) is 4.05. The third-order valence-corrected chi connectivity index (χ3v) is 1.94. The van der Waals surface area contributed by atoms with Gasteiger partial charge in [-0.1, -0.05) is 18.2 Å². The molecule has 74 valence electrons. The Bertz CT molecular complexity index is 342. The first-order valence-electron chi connectivity index (χ1n) is 4.60. The molecular weight excluding hydrogens is 179 g/mol.